The van der Waals surface area contributed by atoms with Crippen molar-refractivity contribution in [3.8, 4) is 0 Å². The molecule has 3 N–H and O–H groups in total. The van der Waals surface area contributed by atoms with Gasteiger partial charge in [0.1, 0.15) is 0 Å². The van der Waals surface area contributed by atoms with Crippen LogP contribution in [0.25, 0.3) is 0 Å². The van der Waals surface area contributed by atoms with Crippen molar-refractivity contribution in [1.29, 1.82) is 0 Å². The topological polar surface area (TPSA) is 46.2 Å². The van der Waals surface area contributed by atoms with E-state index in [1.165, 1.54) is 10.8 Å². The van der Waals surface area contributed by atoms with E-state index in [1.54, 1.807) is 0 Å². The smallest absolute Gasteiger partial charge is 0.0650 e. The number of hydrogen-bond donors (Lipinski definition) is 3. The summed E-state index contributed by atoms with van der Waals surface area (Å²) in [5, 5.41) is 8.90. The molecule has 0 bridgehead atoms. The maximum absolute atomic E-state index is 8.90. The second-order valence-corrected chi connectivity index (χ2v) is 2.89. The van der Waals surface area contributed by atoms with Crippen molar-refractivity contribution in [1.82, 2.24) is 0 Å². The Kier molecular flexibility index (Phi) is 6.20. The maximum atomic E-state index is 8.90. The Morgan fingerprint density at radius 1 is 1.75 bits per heavy atom. The van der Waals surface area contributed by atoms with E-state index >= 15 is 0 Å². The zero-order valence-electron chi connectivity index (χ0n) is 4.58. The average molecular weight is 153 g/mol. The van der Waals surface area contributed by atoms with Gasteiger partial charge in [0, 0.05) is 5.75 Å². The van der Waals surface area contributed by atoms with Crippen LogP contribution in [0.1, 0.15) is 6.42 Å². The lowest BCUT2D eigenvalue weighted by molar-refractivity contribution is 0.192. The van der Waals surface area contributed by atoms with E-state index < -0.39 is 0 Å². The zero-order chi connectivity index (χ0) is 6.41. The first kappa shape index (κ1) is 8.62. The summed E-state index contributed by atoms with van der Waals surface area (Å²) >= 11 is 3.87. The largest absolute Gasteiger partial charge is 0.392 e. The van der Waals surface area contributed by atoms with Gasteiger partial charge in [-0.2, -0.15) is 0 Å². The Morgan fingerprint density at radius 2 is 2.38 bits per heavy atom. The minimum absolute atomic E-state index is 0.275. The summed E-state index contributed by atoms with van der Waals surface area (Å²) in [7, 11) is 1.34. The van der Waals surface area contributed by atoms with E-state index in [9.17, 15) is 0 Å². The fourth-order valence-electron chi connectivity index (χ4n) is 0.362. The molecule has 0 aromatic carbocycles. The molecule has 0 heterocycles. The van der Waals surface area contributed by atoms with Crippen LogP contribution in [0.5, 0.6) is 0 Å². The van der Waals surface area contributed by atoms with Crippen LogP contribution in [0.4, 0.5) is 0 Å². The molecule has 0 aliphatic carbocycles. The van der Waals surface area contributed by atoms with E-state index in [2.05, 4.69) is 11.7 Å². The van der Waals surface area contributed by atoms with Crippen molar-refractivity contribution in [2.75, 3.05) is 12.3 Å². The summed E-state index contributed by atoms with van der Waals surface area (Å²) in [6.07, 6.45) is 0.399. The molecule has 0 fully saturated rings. The van der Waals surface area contributed by atoms with Gasteiger partial charge in [-0.25, -0.2) is 0 Å². The second kappa shape index (κ2) is 5.75. The molecular formula is C4H11NOS2. The maximum Gasteiger partial charge on any atom is 0.0650 e. The van der Waals surface area contributed by atoms with Gasteiger partial charge >= 0.3 is 0 Å². The highest BCUT2D eigenvalue weighted by atomic mass is 33.1. The normalized spacial score (nSPS) is 13.9. The summed E-state index contributed by atoms with van der Waals surface area (Å²) in [5.41, 5.74) is 5.17. The van der Waals surface area contributed by atoms with Gasteiger partial charge in [-0.15, -0.1) is 11.7 Å². The standard InChI is InChI=1S/C4H11NOS2/c5-2-1-4(6)3-8-7/h4,6-7H,1-3,5H2/t4-/m0/s1. The Hall–Kier alpha value is 0.620. The minimum atomic E-state index is -0.275. The molecule has 0 spiro atoms. The molecule has 0 aliphatic heterocycles. The molecule has 0 radical (unpaired) electrons. The van der Waals surface area contributed by atoms with Gasteiger partial charge in [0.15, 0.2) is 0 Å². The third-order valence-electron chi connectivity index (χ3n) is 0.767. The van der Waals surface area contributed by atoms with Crippen molar-refractivity contribution in [2.24, 2.45) is 5.73 Å². The van der Waals surface area contributed by atoms with E-state index in [0.717, 1.165) is 0 Å². The van der Waals surface area contributed by atoms with Gasteiger partial charge in [-0.3, -0.25) is 0 Å². The van der Waals surface area contributed by atoms with Crippen molar-refractivity contribution in [3.05, 3.63) is 0 Å². The van der Waals surface area contributed by atoms with E-state index in [0.29, 0.717) is 18.7 Å². The van der Waals surface area contributed by atoms with Crippen LogP contribution in [-0.2, 0) is 0 Å². The molecule has 2 nitrogen and oxygen atoms in total. The predicted molar refractivity (Wildman–Crippen MR) is 41.1 cm³/mol. The third-order valence-corrected chi connectivity index (χ3v) is 1.75. The van der Waals surface area contributed by atoms with Gasteiger partial charge in [0.05, 0.1) is 6.10 Å². The first-order valence-corrected chi connectivity index (χ1v) is 4.49. The quantitative estimate of drug-likeness (QED) is 0.401. The van der Waals surface area contributed by atoms with Gasteiger partial charge in [0.25, 0.3) is 0 Å². The molecular weight excluding hydrogens is 142 g/mol. The zero-order valence-corrected chi connectivity index (χ0v) is 6.29. The molecule has 0 aromatic rings. The van der Waals surface area contributed by atoms with Crippen molar-refractivity contribution >= 4 is 22.5 Å². The van der Waals surface area contributed by atoms with E-state index in [1.807, 2.05) is 0 Å². The highest BCUT2D eigenvalue weighted by Crippen LogP contribution is 2.07. The van der Waals surface area contributed by atoms with Crippen LogP contribution in [0.2, 0.25) is 0 Å². The average Bonchev–Trinajstić information content (AvgIpc) is 1.68. The van der Waals surface area contributed by atoms with Crippen LogP contribution in [0.15, 0.2) is 0 Å². The van der Waals surface area contributed by atoms with Crippen molar-refractivity contribution in [2.45, 2.75) is 12.5 Å². The van der Waals surface area contributed by atoms with Crippen LogP contribution >= 0.6 is 22.5 Å². The van der Waals surface area contributed by atoms with E-state index in [-0.39, 0.29) is 6.10 Å². The Balaban J connectivity index is 2.92. The Labute approximate surface area is 58.6 Å². The Bertz CT molecular complexity index is 47.3. The van der Waals surface area contributed by atoms with Crippen molar-refractivity contribution in [3.63, 3.8) is 0 Å². The van der Waals surface area contributed by atoms with Crippen LogP contribution in [-0.4, -0.2) is 23.5 Å². The summed E-state index contributed by atoms with van der Waals surface area (Å²) in [4.78, 5) is 0. The number of thiol groups is 1. The first-order valence-electron chi connectivity index (χ1n) is 2.45. The fourth-order valence-corrected chi connectivity index (χ4v) is 1.22. The molecule has 8 heavy (non-hydrogen) atoms. The predicted octanol–water partition coefficient (Wildman–Crippen LogP) is 0.274. The summed E-state index contributed by atoms with van der Waals surface area (Å²) in [6.45, 7) is 0.551. The highest BCUT2D eigenvalue weighted by Gasteiger charge is 1.98. The van der Waals surface area contributed by atoms with Gasteiger partial charge < -0.3 is 10.8 Å². The molecule has 0 aromatic heterocycles. The number of hydrogen-bond acceptors (Lipinski definition) is 4. The van der Waals surface area contributed by atoms with E-state index in [4.69, 9.17) is 10.8 Å². The lowest BCUT2D eigenvalue weighted by Crippen LogP contribution is -2.14. The number of nitrogens with two attached hydrogens (primary N) is 1. The molecule has 1 atom stereocenters. The van der Waals surface area contributed by atoms with Gasteiger partial charge in [-0.05, 0) is 13.0 Å². The number of aliphatic hydroxyl groups is 1. The summed E-state index contributed by atoms with van der Waals surface area (Å²) < 4.78 is 0. The number of rotatable bonds is 4. The lowest BCUT2D eigenvalue weighted by Gasteiger charge is -2.03. The molecule has 0 saturated heterocycles. The highest BCUT2D eigenvalue weighted by molar-refractivity contribution is 8.68. The summed E-state index contributed by atoms with van der Waals surface area (Å²) in [6, 6.07) is 0. The van der Waals surface area contributed by atoms with Crippen LogP contribution in [0, 0.1) is 0 Å². The molecule has 0 unspecified atom stereocenters. The van der Waals surface area contributed by atoms with Crippen molar-refractivity contribution < 1.29 is 5.11 Å². The molecule has 4 heteroatoms. The third kappa shape index (κ3) is 4.77. The molecule has 0 aliphatic rings. The number of aliphatic hydroxyl groups excluding tert-OH is 1. The van der Waals surface area contributed by atoms with Gasteiger partial charge in [0.2, 0.25) is 0 Å². The molecule has 50 valence electrons. The first-order chi connectivity index (χ1) is 3.81. The monoisotopic (exact) mass is 153 g/mol. The summed E-state index contributed by atoms with van der Waals surface area (Å²) in [5.74, 6) is 0.667. The SMILES string of the molecule is NCC[C@H](O)CSS. The lowest BCUT2D eigenvalue weighted by atomic mass is 10.3. The fraction of sp³-hybridized carbons (Fsp3) is 1.00. The van der Waals surface area contributed by atoms with Crippen LogP contribution in [0.3, 0.4) is 0 Å². The Morgan fingerprint density at radius 3 is 2.75 bits per heavy atom. The van der Waals surface area contributed by atoms with Crippen LogP contribution < -0.4 is 5.73 Å². The molecule has 0 rings (SSSR count). The molecule has 0 saturated carbocycles. The minimum Gasteiger partial charge on any atom is -0.392 e. The second-order valence-electron chi connectivity index (χ2n) is 1.53. The molecule has 0 amide bonds. The van der Waals surface area contributed by atoms with Gasteiger partial charge in [-0.1, -0.05) is 10.8 Å².